The number of amides is 1. The van der Waals surface area contributed by atoms with Crippen LogP contribution in [0.3, 0.4) is 0 Å². The first-order chi connectivity index (χ1) is 14.9. The van der Waals surface area contributed by atoms with Crippen molar-refractivity contribution in [3.63, 3.8) is 0 Å². The van der Waals surface area contributed by atoms with Crippen molar-refractivity contribution in [1.82, 2.24) is 14.5 Å². The molecule has 7 heteroatoms. The topological polar surface area (TPSA) is 55.2 Å². The van der Waals surface area contributed by atoms with Crippen molar-refractivity contribution in [3.8, 4) is 10.4 Å². The maximum atomic E-state index is 13.0. The number of benzene rings is 2. The summed E-state index contributed by atoms with van der Waals surface area (Å²) in [6.07, 6.45) is 2.35. The van der Waals surface area contributed by atoms with Crippen LogP contribution in [0.2, 0.25) is 5.02 Å². The van der Waals surface area contributed by atoms with Crippen molar-refractivity contribution >= 4 is 39.1 Å². The van der Waals surface area contributed by atoms with Gasteiger partial charge in [0.2, 0.25) is 5.91 Å². The second-order valence-electron chi connectivity index (χ2n) is 7.52. The third-order valence-corrected chi connectivity index (χ3v) is 6.67. The number of carbonyl (C=O) groups excluding carboxylic acids is 1. The van der Waals surface area contributed by atoms with Crippen molar-refractivity contribution in [2.75, 3.05) is 7.05 Å². The van der Waals surface area contributed by atoms with Gasteiger partial charge in [0.05, 0.1) is 11.8 Å². The molecule has 1 amide bonds. The van der Waals surface area contributed by atoms with Crippen LogP contribution in [0.5, 0.6) is 0 Å². The molecule has 0 saturated carbocycles. The average Bonchev–Trinajstić information content (AvgIpc) is 3.20. The van der Waals surface area contributed by atoms with Crippen LogP contribution in [-0.4, -0.2) is 27.4 Å². The third kappa shape index (κ3) is 4.86. The number of fused-ring (bicyclic) bond motifs is 1. The van der Waals surface area contributed by atoms with E-state index in [4.69, 9.17) is 11.6 Å². The molecule has 158 valence electrons. The fourth-order valence-corrected chi connectivity index (χ4v) is 4.50. The minimum absolute atomic E-state index is 0.0186. The molecule has 0 bridgehead atoms. The maximum Gasteiger partial charge on any atom is 0.271 e. The van der Waals surface area contributed by atoms with E-state index in [2.05, 4.69) is 4.98 Å². The lowest BCUT2D eigenvalue weighted by Gasteiger charge is -2.15. The van der Waals surface area contributed by atoms with E-state index in [0.717, 1.165) is 33.5 Å². The number of aromatic nitrogens is 2. The van der Waals surface area contributed by atoms with Crippen LogP contribution in [0.15, 0.2) is 65.7 Å². The number of rotatable bonds is 6. The van der Waals surface area contributed by atoms with Gasteiger partial charge in [-0.15, -0.1) is 11.3 Å². The Balaban J connectivity index is 1.49. The molecule has 0 aliphatic rings. The molecule has 0 spiro atoms. The van der Waals surface area contributed by atoms with Crippen molar-refractivity contribution in [2.45, 2.75) is 26.4 Å². The highest BCUT2D eigenvalue weighted by molar-refractivity contribution is 7.22. The van der Waals surface area contributed by atoms with Gasteiger partial charge in [0.15, 0.2) is 0 Å². The SMILES string of the molecule is CC(=O)N(C)Cc1ccc(CCn2cnc3cc(-c4ccc(Cl)cc4)sc3c2=O)cc1. The summed E-state index contributed by atoms with van der Waals surface area (Å²) in [5.74, 6) is 0.0409. The number of halogens is 1. The molecule has 0 saturated heterocycles. The summed E-state index contributed by atoms with van der Waals surface area (Å²) in [5, 5.41) is 0.684. The molecule has 4 rings (SSSR count). The lowest BCUT2D eigenvalue weighted by molar-refractivity contribution is -0.128. The Morgan fingerprint density at radius 1 is 1.10 bits per heavy atom. The second-order valence-corrected chi connectivity index (χ2v) is 9.01. The van der Waals surface area contributed by atoms with E-state index in [9.17, 15) is 9.59 Å². The molecule has 31 heavy (non-hydrogen) atoms. The van der Waals surface area contributed by atoms with Gasteiger partial charge < -0.3 is 4.90 Å². The highest BCUT2D eigenvalue weighted by atomic mass is 35.5. The number of hydrogen-bond acceptors (Lipinski definition) is 4. The molecule has 0 unspecified atom stereocenters. The predicted molar refractivity (Wildman–Crippen MR) is 127 cm³/mol. The summed E-state index contributed by atoms with van der Waals surface area (Å²) < 4.78 is 2.33. The van der Waals surface area contributed by atoms with Crippen LogP contribution >= 0.6 is 22.9 Å². The zero-order chi connectivity index (χ0) is 22.0. The first kappa shape index (κ1) is 21.3. The average molecular weight is 452 g/mol. The van der Waals surface area contributed by atoms with Gasteiger partial charge in [0.25, 0.3) is 5.56 Å². The Kier molecular flexibility index (Phi) is 6.20. The molecule has 5 nitrogen and oxygen atoms in total. The maximum absolute atomic E-state index is 13.0. The zero-order valence-electron chi connectivity index (χ0n) is 17.3. The summed E-state index contributed by atoms with van der Waals surface area (Å²) in [5.41, 5.74) is 3.93. The molecular formula is C24H22ClN3O2S. The third-order valence-electron chi connectivity index (χ3n) is 5.25. The fourth-order valence-electron chi connectivity index (χ4n) is 3.31. The molecule has 2 aromatic carbocycles. The fraction of sp³-hybridized carbons (Fsp3) is 0.208. The quantitative estimate of drug-likeness (QED) is 0.414. The molecule has 0 aliphatic heterocycles. The molecule has 0 N–H and O–H groups in total. The zero-order valence-corrected chi connectivity index (χ0v) is 18.9. The lowest BCUT2D eigenvalue weighted by Crippen LogP contribution is -2.23. The number of hydrogen-bond donors (Lipinski definition) is 0. The van der Waals surface area contributed by atoms with Crippen LogP contribution in [-0.2, 0) is 24.3 Å². The van der Waals surface area contributed by atoms with E-state index >= 15 is 0 Å². The first-order valence-electron chi connectivity index (χ1n) is 9.95. The van der Waals surface area contributed by atoms with E-state index in [-0.39, 0.29) is 11.5 Å². The largest absolute Gasteiger partial charge is 0.342 e. The van der Waals surface area contributed by atoms with Gasteiger partial charge in [0, 0.05) is 37.0 Å². The number of aryl methyl sites for hydroxylation is 2. The van der Waals surface area contributed by atoms with E-state index in [1.807, 2.05) is 54.6 Å². The highest BCUT2D eigenvalue weighted by Gasteiger charge is 2.11. The van der Waals surface area contributed by atoms with Crippen LogP contribution in [0.25, 0.3) is 20.7 Å². The lowest BCUT2D eigenvalue weighted by atomic mass is 10.1. The van der Waals surface area contributed by atoms with E-state index < -0.39 is 0 Å². The van der Waals surface area contributed by atoms with Crippen LogP contribution in [0.4, 0.5) is 0 Å². The summed E-state index contributed by atoms with van der Waals surface area (Å²) in [6.45, 7) is 2.70. The molecule has 4 aromatic rings. The number of nitrogens with zero attached hydrogens (tertiary/aromatic N) is 3. The molecule has 2 heterocycles. The Hall–Kier alpha value is -2.96. The molecule has 2 aromatic heterocycles. The smallest absolute Gasteiger partial charge is 0.271 e. The van der Waals surface area contributed by atoms with Gasteiger partial charge in [-0.05, 0) is 41.3 Å². The molecule has 0 radical (unpaired) electrons. The molecule has 0 fully saturated rings. The van der Waals surface area contributed by atoms with E-state index in [1.54, 1.807) is 29.8 Å². The van der Waals surface area contributed by atoms with Crippen molar-refractivity contribution in [1.29, 1.82) is 0 Å². The van der Waals surface area contributed by atoms with Crippen LogP contribution < -0.4 is 5.56 Å². The van der Waals surface area contributed by atoms with Gasteiger partial charge >= 0.3 is 0 Å². The van der Waals surface area contributed by atoms with E-state index in [1.165, 1.54) is 11.3 Å². The Labute approximate surface area is 189 Å². The van der Waals surface area contributed by atoms with Crippen molar-refractivity contribution in [3.05, 3.63) is 87.4 Å². The van der Waals surface area contributed by atoms with Gasteiger partial charge in [-0.1, -0.05) is 48.0 Å². The minimum Gasteiger partial charge on any atom is -0.342 e. The standard InChI is InChI=1S/C24H22ClN3O2S/c1-16(29)27(2)14-18-5-3-17(4-6-18)11-12-28-15-26-21-13-22(31-23(21)24(28)30)19-7-9-20(25)10-8-19/h3-10,13,15H,11-12,14H2,1-2H3. The Bertz CT molecular complexity index is 1280. The summed E-state index contributed by atoms with van der Waals surface area (Å²) in [4.78, 5) is 31.5. The van der Waals surface area contributed by atoms with Gasteiger partial charge in [-0.3, -0.25) is 14.2 Å². The summed E-state index contributed by atoms with van der Waals surface area (Å²) >= 11 is 7.43. The Morgan fingerprint density at radius 2 is 1.77 bits per heavy atom. The number of thiophene rings is 1. The summed E-state index contributed by atoms with van der Waals surface area (Å²) in [6, 6.07) is 17.7. The molecule has 0 atom stereocenters. The van der Waals surface area contributed by atoms with Crippen molar-refractivity contribution in [2.24, 2.45) is 0 Å². The molecule has 0 aliphatic carbocycles. The van der Waals surface area contributed by atoms with Crippen LogP contribution in [0, 0.1) is 0 Å². The van der Waals surface area contributed by atoms with Gasteiger partial charge in [-0.2, -0.15) is 0 Å². The van der Waals surface area contributed by atoms with Crippen molar-refractivity contribution < 1.29 is 4.79 Å². The Morgan fingerprint density at radius 3 is 2.45 bits per heavy atom. The summed E-state index contributed by atoms with van der Waals surface area (Å²) in [7, 11) is 1.79. The monoisotopic (exact) mass is 451 g/mol. The predicted octanol–water partition coefficient (Wildman–Crippen LogP) is 5.00. The van der Waals surface area contributed by atoms with Crippen LogP contribution in [0.1, 0.15) is 18.1 Å². The minimum atomic E-state index is -0.0186. The van der Waals surface area contributed by atoms with Gasteiger partial charge in [0.1, 0.15) is 4.70 Å². The number of carbonyl (C=O) groups is 1. The normalized spacial score (nSPS) is 11.1. The first-order valence-corrected chi connectivity index (χ1v) is 11.1. The van der Waals surface area contributed by atoms with Gasteiger partial charge in [-0.25, -0.2) is 4.98 Å². The highest BCUT2D eigenvalue weighted by Crippen LogP contribution is 2.31. The van der Waals surface area contributed by atoms with E-state index in [0.29, 0.717) is 22.8 Å². The second kappa shape index (κ2) is 9.04. The molecular weight excluding hydrogens is 430 g/mol.